The van der Waals surface area contributed by atoms with Crippen LogP contribution in [-0.4, -0.2) is 40.8 Å². The Labute approximate surface area is 246 Å². The quantitative estimate of drug-likeness (QED) is 0.168. The van der Waals surface area contributed by atoms with Crippen LogP contribution < -0.4 is 20.1 Å². The van der Waals surface area contributed by atoms with Gasteiger partial charge < -0.3 is 20.1 Å². The van der Waals surface area contributed by atoms with Gasteiger partial charge in [-0.15, -0.1) is 18.3 Å². The van der Waals surface area contributed by atoms with Crippen molar-refractivity contribution in [3.63, 3.8) is 0 Å². The molecule has 0 atom stereocenters. The summed E-state index contributed by atoms with van der Waals surface area (Å²) in [5.41, 5.74) is 5.00. The van der Waals surface area contributed by atoms with Crippen LogP contribution in [0.25, 0.3) is 28.2 Å². The molecule has 0 aliphatic heterocycles. The van der Waals surface area contributed by atoms with Gasteiger partial charge in [0.1, 0.15) is 17.8 Å². The zero-order valence-corrected chi connectivity index (χ0v) is 23.1. The molecule has 220 valence electrons. The van der Waals surface area contributed by atoms with Gasteiger partial charge in [0, 0.05) is 23.4 Å². The Kier molecular flexibility index (Phi) is 8.90. The summed E-state index contributed by atoms with van der Waals surface area (Å²) in [4.78, 5) is 16.8. The second kappa shape index (κ2) is 13.1. The molecule has 2 amide bonds. The highest BCUT2D eigenvalue weighted by Crippen LogP contribution is 2.31. The number of amides is 2. The number of rotatable bonds is 10. The minimum absolute atomic E-state index is 0.281. The fraction of sp³-hybridized carbons (Fsp3) is 0.156. The minimum Gasteiger partial charge on any atom is -0.496 e. The third-order valence-electron chi connectivity index (χ3n) is 6.51. The van der Waals surface area contributed by atoms with Gasteiger partial charge in [-0.3, -0.25) is 0 Å². The van der Waals surface area contributed by atoms with Crippen LogP contribution in [0.2, 0.25) is 0 Å². The van der Waals surface area contributed by atoms with Crippen LogP contribution in [0.15, 0.2) is 103 Å². The van der Waals surface area contributed by atoms with E-state index in [1.165, 1.54) is 35.3 Å². The van der Waals surface area contributed by atoms with E-state index in [9.17, 15) is 18.0 Å². The molecule has 2 N–H and O–H groups in total. The molecule has 0 bridgehead atoms. The van der Waals surface area contributed by atoms with E-state index in [0.717, 1.165) is 40.8 Å². The Morgan fingerprint density at radius 1 is 0.907 bits per heavy atom. The van der Waals surface area contributed by atoms with Crippen molar-refractivity contribution in [2.45, 2.75) is 19.2 Å². The van der Waals surface area contributed by atoms with E-state index < -0.39 is 6.36 Å². The first-order valence-corrected chi connectivity index (χ1v) is 13.4. The van der Waals surface area contributed by atoms with E-state index in [4.69, 9.17) is 4.74 Å². The Balaban J connectivity index is 1.09. The highest BCUT2D eigenvalue weighted by molar-refractivity contribution is 5.90. The van der Waals surface area contributed by atoms with Crippen molar-refractivity contribution in [3.8, 4) is 39.7 Å². The summed E-state index contributed by atoms with van der Waals surface area (Å²) in [6.45, 7) is 0.499. The Morgan fingerprint density at radius 3 is 2.42 bits per heavy atom. The molecule has 0 aliphatic carbocycles. The summed E-state index contributed by atoms with van der Waals surface area (Å²) in [7, 11) is 1.63. The lowest BCUT2D eigenvalue weighted by molar-refractivity contribution is -0.274. The third-order valence-corrected chi connectivity index (χ3v) is 6.51. The van der Waals surface area contributed by atoms with Crippen molar-refractivity contribution in [3.05, 3.63) is 109 Å². The molecule has 8 nitrogen and oxygen atoms in total. The molecular formula is C32H28F3N5O3. The molecule has 5 aromatic rings. The number of nitrogens with zero attached hydrogens (tertiary/aromatic N) is 3. The molecular weight excluding hydrogens is 559 g/mol. The van der Waals surface area contributed by atoms with Crippen molar-refractivity contribution in [2.75, 3.05) is 19.0 Å². The normalized spacial score (nSPS) is 11.2. The summed E-state index contributed by atoms with van der Waals surface area (Å²) in [6, 6.07) is 28.2. The van der Waals surface area contributed by atoms with Crippen LogP contribution in [0.1, 0.15) is 12.0 Å². The highest BCUT2D eigenvalue weighted by atomic mass is 19.4. The smallest absolute Gasteiger partial charge is 0.496 e. The van der Waals surface area contributed by atoms with Crippen LogP contribution in [0.3, 0.4) is 0 Å². The molecule has 0 radical (unpaired) electrons. The number of anilines is 1. The number of carbonyl (C=O) groups excluding carboxylic acids is 1. The first-order chi connectivity index (χ1) is 20.8. The van der Waals surface area contributed by atoms with E-state index in [1.54, 1.807) is 7.11 Å². The number of carbonyl (C=O) groups is 1. The number of methoxy groups -OCH3 is 1. The van der Waals surface area contributed by atoms with Crippen molar-refractivity contribution >= 4 is 11.7 Å². The van der Waals surface area contributed by atoms with Crippen LogP contribution >= 0.6 is 0 Å². The first kappa shape index (κ1) is 29.2. The van der Waals surface area contributed by atoms with E-state index >= 15 is 0 Å². The number of para-hydroxylation sites is 1. The summed E-state index contributed by atoms with van der Waals surface area (Å²) >= 11 is 0. The second-order valence-electron chi connectivity index (χ2n) is 9.52. The summed E-state index contributed by atoms with van der Waals surface area (Å²) < 4.78 is 48.0. The lowest BCUT2D eigenvalue weighted by Crippen LogP contribution is -2.29. The van der Waals surface area contributed by atoms with Gasteiger partial charge in [-0.05, 0) is 66.4 Å². The van der Waals surface area contributed by atoms with Crippen molar-refractivity contribution < 1.29 is 27.4 Å². The maximum Gasteiger partial charge on any atom is 0.573 e. The lowest BCUT2D eigenvalue weighted by atomic mass is 10.0. The first-order valence-electron chi connectivity index (χ1n) is 13.4. The molecule has 1 aromatic heterocycles. The molecule has 43 heavy (non-hydrogen) atoms. The Bertz CT molecular complexity index is 1670. The number of alkyl halides is 3. The zero-order valence-electron chi connectivity index (χ0n) is 23.1. The van der Waals surface area contributed by atoms with Gasteiger partial charge in [-0.1, -0.05) is 54.6 Å². The summed E-state index contributed by atoms with van der Waals surface area (Å²) in [5.74, 6) is 0.934. The van der Waals surface area contributed by atoms with Gasteiger partial charge in [-0.25, -0.2) is 14.5 Å². The van der Waals surface area contributed by atoms with Gasteiger partial charge in [-0.2, -0.15) is 0 Å². The molecule has 11 heteroatoms. The van der Waals surface area contributed by atoms with Crippen molar-refractivity contribution in [2.24, 2.45) is 0 Å². The Morgan fingerprint density at radius 2 is 1.67 bits per heavy atom. The van der Waals surface area contributed by atoms with E-state index in [0.29, 0.717) is 23.7 Å². The molecule has 0 spiro atoms. The van der Waals surface area contributed by atoms with Gasteiger partial charge in [0.05, 0.1) is 12.8 Å². The second-order valence-corrected chi connectivity index (χ2v) is 9.52. The molecule has 1 heterocycles. The number of benzene rings is 4. The standard InChI is InChI=1S/C32H28F3N5O3/c1-42-29-10-3-2-9-28(29)24-7-4-8-25(20-24)38-31(41)36-19-5-6-22-11-13-23(14-12-22)30-37-21-40(39-30)26-15-17-27(18-16-26)43-32(33,34)35/h2-4,7-18,20-21H,5-6,19H2,1H3,(H2,36,38,41). The van der Waals surface area contributed by atoms with Gasteiger partial charge >= 0.3 is 12.4 Å². The van der Waals surface area contributed by atoms with E-state index in [1.807, 2.05) is 72.8 Å². The molecule has 0 saturated heterocycles. The number of aromatic nitrogens is 3. The SMILES string of the molecule is COc1ccccc1-c1cccc(NC(=O)NCCCc2ccc(-c3ncn(-c4ccc(OC(F)(F)F)cc4)n3)cc2)c1. The fourth-order valence-electron chi connectivity index (χ4n) is 4.46. The topological polar surface area (TPSA) is 90.3 Å². The van der Waals surface area contributed by atoms with Crippen LogP contribution in [-0.2, 0) is 6.42 Å². The third kappa shape index (κ3) is 7.91. The molecule has 4 aromatic carbocycles. The molecule has 0 fully saturated rings. The number of urea groups is 1. The van der Waals surface area contributed by atoms with Crippen LogP contribution in [0.4, 0.5) is 23.7 Å². The van der Waals surface area contributed by atoms with Crippen LogP contribution in [0.5, 0.6) is 11.5 Å². The predicted octanol–water partition coefficient (Wildman–Crippen LogP) is 7.26. The maximum absolute atomic E-state index is 12.5. The number of nitrogens with one attached hydrogen (secondary N) is 2. The minimum atomic E-state index is -4.74. The van der Waals surface area contributed by atoms with Crippen LogP contribution in [0, 0.1) is 0 Å². The van der Waals surface area contributed by atoms with Crippen molar-refractivity contribution in [1.82, 2.24) is 20.1 Å². The lowest BCUT2D eigenvalue weighted by Gasteiger charge is -2.11. The molecule has 0 saturated carbocycles. The number of hydrogen-bond donors (Lipinski definition) is 2. The van der Waals surface area contributed by atoms with Gasteiger partial charge in [0.15, 0.2) is 5.82 Å². The number of ether oxygens (including phenoxy) is 2. The number of halogens is 3. The summed E-state index contributed by atoms with van der Waals surface area (Å²) in [6.07, 6.45) is -1.74. The predicted molar refractivity (Wildman–Crippen MR) is 157 cm³/mol. The number of aryl methyl sites for hydroxylation is 1. The summed E-state index contributed by atoms with van der Waals surface area (Å²) in [5, 5.41) is 10.2. The van der Waals surface area contributed by atoms with Gasteiger partial charge in [0.25, 0.3) is 0 Å². The zero-order chi connectivity index (χ0) is 30.2. The highest BCUT2D eigenvalue weighted by Gasteiger charge is 2.31. The largest absolute Gasteiger partial charge is 0.573 e. The fourth-order valence-corrected chi connectivity index (χ4v) is 4.46. The van der Waals surface area contributed by atoms with E-state index in [-0.39, 0.29) is 11.8 Å². The average Bonchev–Trinajstić information content (AvgIpc) is 3.50. The maximum atomic E-state index is 12.5. The Hall–Kier alpha value is -5.32. The monoisotopic (exact) mass is 587 g/mol. The van der Waals surface area contributed by atoms with E-state index in [2.05, 4.69) is 25.5 Å². The average molecular weight is 588 g/mol. The van der Waals surface area contributed by atoms with Crippen molar-refractivity contribution in [1.29, 1.82) is 0 Å². The molecule has 0 aliphatic rings. The molecule has 5 rings (SSSR count). The number of hydrogen-bond acceptors (Lipinski definition) is 5. The molecule has 0 unspecified atom stereocenters. The van der Waals surface area contributed by atoms with Gasteiger partial charge in [0.2, 0.25) is 0 Å².